The Balaban J connectivity index is 1.42. The van der Waals surface area contributed by atoms with Crippen molar-refractivity contribution < 1.29 is 39.8 Å². The van der Waals surface area contributed by atoms with Crippen molar-refractivity contribution >= 4 is 50.4 Å². The monoisotopic (exact) mass is 752 g/mol. The van der Waals surface area contributed by atoms with E-state index in [1.165, 1.54) is 12.1 Å². The summed E-state index contributed by atoms with van der Waals surface area (Å²) in [5, 5.41) is 1.83. The average molecular weight is 753 g/mol. The van der Waals surface area contributed by atoms with Crippen molar-refractivity contribution in [2.75, 3.05) is 18.6 Å². The lowest BCUT2D eigenvalue weighted by Crippen LogP contribution is -2.77. The van der Waals surface area contributed by atoms with E-state index >= 15 is 0 Å². The molecule has 0 spiro atoms. The molecule has 0 radical (unpaired) electrons. The van der Waals surface area contributed by atoms with E-state index in [2.05, 4.69) is 45.0 Å². The molecule has 0 amide bonds. The van der Waals surface area contributed by atoms with Crippen LogP contribution in [0.15, 0.2) is 95.9 Å². The van der Waals surface area contributed by atoms with Gasteiger partial charge in [0.1, 0.15) is 11.2 Å². The fourth-order valence-corrected chi connectivity index (χ4v) is 16.1. The van der Waals surface area contributed by atoms with Crippen LogP contribution in [0.1, 0.15) is 60.3 Å². The van der Waals surface area contributed by atoms with Crippen LogP contribution in [0.5, 0.6) is 0 Å². The van der Waals surface area contributed by atoms with Crippen molar-refractivity contribution in [1.29, 1.82) is 0 Å². The molecular weight excluding hydrogens is 705 g/mol. The van der Waals surface area contributed by atoms with E-state index < -0.39 is 68.6 Å². The zero-order valence-electron chi connectivity index (χ0n) is 30.1. The number of hydrogen-bond acceptors (Lipinski definition) is 9. The SMILES string of the molecule is CC1(C)C2CC3(CCO[Si](c4ccccc4)(c4ccccc4)C(C)(C)C)C(=O)CCC1(C(=O)OS(C)(=O)=O)C3OC2CS(=O)(=O)c1ccccc1. The minimum atomic E-state index is -4.21. The van der Waals surface area contributed by atoms with E-state index in [9.17, 15) is 26.4 Å². The molecule has 5 unspecified atom stereocenters. The maximum Gasteiger partial charge on any atom is 0.331 e. The van der Waals surface area contributed by atoms with Crippen molar-refractivity contribution in [3.63, 3.8) is 0 Å². The topological polar surface area (TPSA) is 130 Å². The van der Waals surface area contributed by atoms with Gasteiger partial charge in [-0.1, -0.05) is 113 Å². The Morgan fingerprint density at radius 1 is 0.882 bits per heavy atom. The van der Waals surface area contributed by atoms with Crippen LogP contribution < -0.4 is 10.4 Å². The van der Waals surface area contributed by atoms with E-state index in [1.807, 2.05) is 50.2 Å². The molecule has 0 aromatic heterocycles. The molecule has 0 N–H and O–H groups in total. The Morgan fingerprint density at radius 2 is 1.41 bits per heavy atom. The van der Waals surface area contributed by atoms with Crippen LogP contribution in [0.4, 0.5) is 0 Å². The van der Waals surface area contributed by atoms with E-state index in [4.69, 9.17) is 13.3 Å². The normalized spacial score (nSPS) is 27.6. The predicted molar refractivity (Wildman–Crippen MR) is 197 cm³/mol. The number of sulfone groups is 1. The Bertz CT molecular complexity index is 1960. The number of carbonyl (C=O) groups is 2. The zero-order valence-corrected chi connectivity index (χ0v) is 32.8. The standard InChI is InChI=1S/C39H48O9S2Si/c1-36(2,3)51(29-18-12-8-13-19-29,30-20-14-9-15-21-30)46-25-24-38-26-31-32(27-50(44,45)28-16-10-7-11-17-28)47-34(38)39(37(31,4)5,23-22-33(38)40)35(41)48-49(6,42)43/h7-21,31-32,34H,22-27H2,1-6H3. The number of carbonyl (C=O) groups excluding carboxylic acids is 2. The molecule has 4 bridgehead atoms. The van der Waals surface area contributed by atoms with Crippen molar-refractivity contribution in [2.45, 2.75) is 82.4 Å². The average Bonchev–Trinajstić information content (AvgIpc) is 3.06. The number of fused-ring (bicyclic) bond motifs is 1. The fourth-order valence-electron chi connectivity index (χ4n) is 9.58. The van der Waals surface area contributed by atoms with E-state index in [0.29, 0.717) is 0 Å². The lowest BCUT2D eigenvalue weighted by atomic mass is 9.38. The van der Waals surface area contributed by atoms with Gasteiger partial charge >= 0.3 is 16.1 Å². The first-order valence-electron chi connectivity index (χ1n) is 17.5. The predicted octanol–water partition coefficient (Wildman–Crippen LogP) is 5.08. The lowest BCUT2D eigenvalue weighted by Gasteiger charge is -2.70. The fraction of sp³-hybridized carbons (Fsp3) is 0.487. The van der Waals surface area contributed by atoms with E-state index in [0.717, 1.165) is 16.6 Å². The molecule has 2 saturated heterocycles. The molecule has 5 atom stereocenters. The molecule has 51 heavy (non-hydrogen) atoms. The number of benzene rings is 3. The van der Waals surface area contributed by atoms with Gasteiger partial charge in [-0.2, -0.15) is 8.42 Å². The molecule has 274 valence electrons. The molecule has 7 rings (SSSR count). The minimum absolute atomic E-state index is 0.0288. The first-order valence-corrected chi connectivity index (χ1v) is 22.9. The lowest BCUT2D eigenvalue weighted by molar-refractivity contribution is -0.306. The number of rotatable bonds is 11. The van der Waals surface area contributed by atoms with Crippen LogP contribution in [0.2, 0.25) is 5.04 Å². The molecule has 2 aliphatic carbocycles. The smallest absolute Gasteiger partial charge is 0.331 e. The van der Waals surface area contributed by atoms with Crippen molar-refractivity contribution in [2.24, 2.45) is 22.2 Å². The van der Waals surface area contributed by atoms with Crippen molar-refractivity contribution in [3.8, 4) is 0 Å². The molecule has 9 nitrogen and oxygen atoms in total. The second-order valence-electron chi connectivity index (χ2n) is 16.1. The second-order valence-corrected chi connectivity index (χ2v) is 24.0. The van der Waals surface area contributed by atoms with Crippen LogP contribution >= 0.6 is 0 Å². The minimum Gasteiger partial charge on any atom is -0.407 e. The van der Waals surface area contributed by atoms with Gasteiger partial charge in [0.25, 0.3) is 8.32 Å². The van der Waals surface area contributed by atoms with Gasteiger partial charge in [-0.3, -0.25) is 9.59 Å². The maximum atomic E-state index is 14.4. The summed E-state index contributed by atoms with van der Waals surface area (Å²) < 4.78 is 71.3. The summed E-state index contributed by atoms with van der Waals surface area (Å²) in [5.74, 6) is -1.99. The molecule has 3 aromatic carbocycles. The van der Waals surface area contributed by atoms with Crippen LogP contribution in [0.25, 0.3) is 0 Å². The molecule has 2 aliphatic heterocycles. The number of ketones is 1. The molecular formula is C39H48O9S2Si. The van der Waals surface area contributed by atoms with E-state index in [-0.39, 0.29) is 53.8 Å². The second kappa shape index (κ2) is 13.0. The highest BCUT2D eigenvalue weighted by Gasteiger charge is 2.77. The molecule has 3 aromatic rings. The van der Waals surface area contributed by atoms with Crippen LogP contribution in [-0.2, 0) is 42.9 Å². The largest absolute Gasteiger partial charge is 0.407 e. The van der Waals surface area contributed by atoms with Gasteiger partial charge in [0.2, 0.25) is 0 Å². The van der Waals surface area contributed by atoms with E-state index in [1.54, 1.807) is 18.2 Å². The van der Waals surface area contributed by atoms with Gasteiger partial charge in [-0.05, 0) is 58.1 Å². The van der Waals surface area contributed by atoms with Gasteiger partial charge in [0.15, 0.2) is 9.84 Å². The highest BCUT2D eigenvalue weighted by atomic mass is 32.2. The Hall–Kier alpha value is -3.16. The molecule has 2 saturated carbocycles. The highest BCUT2D eigenvalue weighted by molar-refractivity contribution is 7.91. The van der Waals surface area contributed by atoms with Gasteiger partial charge in [-0.15, -0.1) is 0 Å². The van der Waals surface area contributed by atoms with Crippen LogP contribution in [-0.4, -0.2) is 67.7 Å². The zero-order chi connectivity index (χ0) is 37.1. The third-order valence-electron chi connectivity index (χ3n) is 12.0. The Labute approximate surface area is 303 Å². The number of hydrogen-bond donors (Lipinski definition) is 0. The number of Topliss-reactive ketones (excluding diaryl/α,β-unsaturated/α-hetero) is 1. The van der Waals surface area contributed by atoms with Crippen molar-refractivity contribution in [1.82, 2.24) is 0 Å². The Morgan fingerprint density at radius 3 is 1.92 bits per heavy atom. The third-order valence-corrected chi connectivity index (χ3v) is 19.3. The first-order chi connectivity index (χ1) is 23.8. The maximum absolute atomic E-state index is 14.4. The summed E-state index contributed by atoms with van der Waals surface area (Å²) in [7, 11) is -11.0. The van der Waals surface area contributed by atoms with Crippen molar-refractivity contribution in [3.05, 3.63) is 91.0 Å². The first kappa shape index (κ1) is 37.6. The van der Waals surface area contributed by atoms with Crippen LogP contribution in [0, 0.1) is 22.2 Å². The summed E-state index contributed by atoms with van der Waals surface area (Å²) in [4.78, 5) is 28.7. The number of ether oxygens (including phenoxy) is 1. The van der Waals surface area contributed by atoms with Gasteiger partial charge in [-0.25, -0.2) is 8.42 Å². The molecule has 4 fully saturated rings. The quantitative estimate of drug-likeness (QED) is 0.195. The summed E-state index contributed by atoms with van der Waals surface area (Å²) >= 11 is 0. The molecule has 4 aliphatic rings. The Kier molecular flexibility index (Phi) is 9.62. The van der Waals surface area contributed by atoms with Crippen LogP contribution in [0.3, 0.4) is 0 Å². The highest BCUT2D eigenvalue weighted by Crippen LogP contribution is 2.71. The summed E-state index contributed by atoms with van der Waals surface area (Å²) in [6, 6.07) is 28.4. The molecule has 2 heterocycles. The third kappa shape index (κ3) is 6.14. The van der Waals surface area contributed by atoms with Gasteiger partial charge < -0.3 is 13.3 Å². The summed E-state index contributed by atoms with van der Waals surface area (Å²) in [6.07, 6.45) is -0.601. The van der Waals surface area contributed by atoms with Gasteiger partial charge in [0, 0.05) is 13.0 Å². The van der Waals surface area contributed by atoms with Gasteiger partial charge in [0.05, 0.1) is 34.5 Å². The summed E-state index contributed by atoms with van der Waals surface area (Å²) in [6.45, 7) is 10.4. The molecule has 12 heteroatoms. The summed E-state index contributed by atoms with van der Waals surface area (Å²) in [5.41, 5.74) is -3.72.